The third-order valence-corrected chi connectivity index (χ3v) is 6.21. The van der Waals surface area contributed by atoms with E-state index >= 15 is 0 Å². The van der Waals surface area contributed by atoms with Gasteiger partial charge in [0.1, 0.15) is 0 Å². The number of piperazine rings is 1. The molecule has 3 fully saturated rings. The molecule has 0 bridgehead atoms. The first-order valence-corrected chi connectivity index (χ1v) is 8.35. The molecule has 0 aromatic heterocycles. The van der Waals surface area contributed by atoms with Crippen molar-refractivity contribution in [1.29, 1.82) is 0 Å². The Kier molecular flexibility index (Phi) is 4.06. The Labute approximate surface area is 114 Å². The zero-order valence-electron chi connectivity index (χ0n) is 11.1. The lowest BCUT2D eigenvalue weighted by Crippen LogP contribution is -2.63. The van der Waals surface area contributed by atoms with E-state index in [0.29, 0.717) is 45.4 Å². The summed E-state index contributed by atoms with van der Waals surface area (Å²) in [6.07, 6.45) is 0. The van der Waals surface area contributed by atoms with Gasteiger partial charge in [0.25, 0.3) is 10.2 Å². The molecule has 0 unspecified atom stereocenters. The molecular weight excluding hydrogens is 268 g/mol. The van der Waals surface area contributed by atoms with Crippen LogP contribution in [-0.4, -0.2) is 93.5 Å². The molecule has 19 heavy (non-hydrogen) atoms. The first kappa shape index (κ1) is 13.7. The van der Waals surface area contributed by atoms with Crippen molar-refractivity contribution in [1.82, 2.24) is 18.8 Å². The maximum absolute atomic E-state index is 12.5. The summed E-state index contributed by atoms with van der Waals surface area (Å²) < 4.78 is 33.3. The van der Waals surface area contributed by atoms with E-state index in [2.05, 4.69) is 10.2 Å². The van der Waals surface area contributed by atoms with Crippen LogP contribution in [0.15, 0.2) is 0 Å². The predicted octanol–water partition coefficient (Wildman–Crippen LogP) is -1.85. The summed E-state index contributed by atoms with van der Waals surface area (Å²) in [6.45, 7) is 6.95. The molecule has 0 aromatic rings. The van der Waals surface area contributed by atoms with Crippen molar-refractivity contribution in [3.63, 3.8) is 0 Å². The lowest BCUT2D eigenvalue weighted by molar-refractivity contribution is 0.0653. The third kappa shape index (κ3) is 2.79. The molecule has 3 heterocycles. The Hall–Kier alpha value is -0.250. The van der Waals surface area contributed by atoms with Crippen molar-refractivity contribution in [2.24, 2.45) is 0 Å². The molecular formula is C11H22N4O3S. The van der Waals surface area contributed by atoms with Gasteiger partial charge in [0.2, 0.25) is 0 Å². The van der Waals surface area contributed by atoms with Gasteiger partial charge in [-0.3, -0.25) is 4.90 Å². The van der Waals surface area contributed by atoms with Gasteiger partial charge in [-0.1, -0.05) is 0 Å². The Morgan fingerprint density at radius 2 is 1.47 bits per heavy atom. The standard InChI is InChI=1S/C11H22N4O3S/c16-19(17,15-5-7-18-8-6-15)14-3-1-13(2-4-14)11-9-12-10-11/h11-12H,1-10H2. The van der Waals surface area contributed by atoms with E-state index in [4.69, 9.17) is 4.74 Å². The molecule has 8 heteroatoms. The van der Waals surface area contributed by atoms with E-state index in [-0.39, 0.29) is 0 Å². The molecule has 3 saturated heterocycles. The minimum atomic E-state index is -3.28. The summed E-state index contributed by atoms with van der Waals surface area (Å²) in [5.41, 5.74) is 0. The number of nitrogens with zero attached hydrogens (tertiary/aromatic N) is 3. The fraction of sp³-hybridized carbons (Fsp3) is 1.00. The van der Waals surface area contributed by atoms with Crippen LogP contribution >= 0.6 is 0 Å². The first-order valence-electron chi connectivity index (χ1n) is 6.96. The zero-order chi connectivity index (χ0) is 13.3. The molecule has 1 N–H and O–H groups in total. The van der Waals surface area contributed by atoms with E-state index in [1.54, 1.807) is 8.61 Å². The summed E-state index contributed by atoms with van der Waals surface area (Å²) in [7, 11) is -3.28. The summed E-state index contributed by atoms with van der Waals surface area (Å²) in [5.74, 6) is 0. The van der Waals surface area contributed by atoms with Crippen LogP contribution in [0.4, 0.5) is 0 Å². The Bertz CT molecular complexity index is 398. The topological polar surface area (TPSA) is 65.1 Å². The van der Waals surface area contributed by atoms with Gasteiger partial charge in [0, 0.05) is 58.4 Å². The summed E-state index contributed by atoms with van der Waals surface area (Å²) >= 11 is 0. The van der Waals surface area contributed by atoms with Gasteiger partial charge in [0.05, 0.1) is 13.2 Å². The van der Waals surface area contributed by atoms with Crippen molar-refractivity contribution < 1.29 is 13.2 Å². The Morgan fingerprint density at radius 1 is 0.895 bits per heavy atom. The van der Waals surface area contributed by atoms with Crippen LogP contribution in [0.3, 0.4) is 0 Å². The van der Waals surface area contributed by atoms with Gasteiger partial charge in [-0.2, -0.15) is 17.0 Å². The molecule has 0 saturated carbocycles. The number of hydrogen-bond donors (Lipinski definition) is 1. The van der Waals surface area contributed by atoms with Crippen molar-refractivity contribution in [3.05, 3.63) is 0 Å². The average molecular weight is 290 g/mol. The van der Waals surface area contributed by atoms with Crippen molar-refractivity contribution in [2.75, 3.05) is 65.6 Å². The maximum atomic E-state index is 12.5. The highest BCUT2D eigenvalue weighted by Gasteiger charge is 2.35. The molecule has 110 valence electrons. The molecule has 3 aliphatic rings. The Balaban J connectivity index is 1.57. The fourth-order valence-corrected chi connectivity index (χ4v) is 4.33. The maximum Gasteiger partial charge on any atom is 0.282 e. The molecule has 0 aliphatic carbocycles. The minimum absolute atomic E-state index is 0.481. The number of hydrogen-bond acceptors (Lipinski definition) is 5. The van der Waals surface area contributed by atoms with Crippen molar-refractivity contribution in [3.8, 4) is 0 Å². The van der Waals surface area contributed by atoms with Crippen LogP contribution in [-0.2, 0) is 14.9 Å². The van der Waals surface area contributed by atoms with Gasteiger partial charge in [-0.25, -0.2) is 0 Å². The lowest BCUT2D eigenvalue weighted by atomic mass is 10.1. The van der Waals surface area contributed by atoms with Gasteiger partial charge >= 0.3 is 0 Å². The molecule has 0 spiro atoms. The van der Waals surface area contributed by atoms with Crippen LogP contribution in [0.5, 0.6) is 0 Å². The van der Waals surface area contributed by atoms with Crippen LogP contribution in [0.25, 0.3) is 0 Å². The van der Waals surface area contributed by atoms with Gasteiger partial charge in [0.15, 0.2) is 0 Å². The third-order valence-electron chi connectivity index (χ3n) is 4.17. The molecule has 3 rings (SSSR count). The number of rotatable bonds is 3. The number of nitrogens with one attached hydrogen (secondary N) is 1. The summed E-state index contributed by atoms with van der Waals surface area (Å²) in [6, 6.07) is 0.605. The van der Waals surface area contributed by atoms with Crippen LogP contribution in [0.2, 0.25) is 0 Å². The van der Waals surface area contributed by atoms with E-state index in [0.717, 1.165) is 26.2 Å². The van der Waals surface area contributed by atoms with E-state index in [1.807, 2.05) is 0 Å². The molecule has 0 atom stereocenters. The molecule has 3 aliphatic heterocycles. The zero-order valence-corrected chi connectivity index (χ0v) is 11.9. The van der Waals surface area contributed by atoms with Crippen LogP contribution in [0, 0.1) is 0 Å². The summed E-state index contributed by atoms with van der Waals surface area (Å²) in [5, 5.41) is 3.26. The monoisotopic (exact) mass is 290 g/mol. The fourth-order valence-electron chi connectivity index (χ4n) is 2.77. The number of ether oxygens (including phenoxy) is 1. The van der Waals surface area contributed by atoms with Gasteiger partial charge in [-0.05, 0) is 0 Å². The highest BCUT2D eigenvalue weighted by atomic mass is 32.2. The smallest absolute Gasteiger partial charge is 0.282 e. The molecule has 0 aromatic carbocycles. The highest BCUT2D eigenvalue weighted by Crippen LogP contribution is 2.16. The van der Waals surface area contributed by atoms with Gasteiger partial charge in [-0.15, -0.1) is 0 Å². The summed E-state index contributed by atoms with van der Waals surface area (Å²) in [4.78, 5) is 2.39. The van der Waals surface area contributed by atoms with E-state index < -0.39 is 10.2 Å². The second kappa shape index (κ2) is 5.63. The molecule has 7 nitrogen and oxygen atoms in total. The van der Waals surface area contributed by atoms with E-state index in [1.165, 1.54) is 0 Å². The quantitative estimate of drug-likeness (QED) is 0.661. The second-order valence-corrected chi connectivity index (χ2v) is 7.19. The number of morpholine rings is 1. The molecule has 0 radical (unpaired) electrons. The first-order chi connectivity index (χ1) is 9.18. The predicted molar refractivity (Wildman–Crippen MR) is 71.1 cm³/mol. The largest absolute Gasteiger partial charge is 0.379 e. The van der Waals surface area contributed by atoms with Crippen LogP contribution in [0.1, 0.15) is 0 Å². The molecule has 0 amide bonds. The SMILES string of the molecule is O=S(=O)(N1CCOCC1)N1CCN(C2CNC2)CC1. The normalized spacial score (nSPS) is 29.3. The minimum Gasteiger partial charge on any atom is -0.379 e. The van der Waals surface area contributed by atoms with Crippen molar-refractivity contribution >= 4 is 10.2 Å². The lowest BCUT2D eigenvalue weighted by Gasteiger charge is -2.43. The second-order valence-electron chi connectivity index (χ2n) is 5.27. The van der Waals surface area contributed by atoms with Gasteiger partial charge < -0.3 is 10.1 Å². The van der Waals surface area contributed by atoms with Crippen LogP contribution < -0.4 is 5.32 Å². The Morgan fingerprint density at radius 3 is 2.00 bits per heavy atom. The van der Waals surface area contributed by atoms with E-state index in [9.17, 15) is 8.42 Å². The average Bonchev–Trinajstić information content (AvgIpc) is 2.38. The highest BCUT2D eigenvalue weighted by molar-refractivity contribution is 7.86. The van der Waals surface area contributed by atoms with Crippen molar-refractivity contribution in [2.45, 2.75) is 6.04 Å².